The highest BCUT2D eigenvalue weighted by atomic mass is 35.5. The average Bonchev–Trinajstić information content (AvgIpc) is 1.64. The SMILES string of the molecule is COOSc1ncc2cc(C(=O)Cc3ccccc3Cl)n(-c3ccc(F)cc3)c2n1.COOSc1ncc2cc(C(=O)Cc3ccccc3Cl)n(-c3ccc(F)cc3)c2n1.CSc1ncc2cc(C(=O)Cc3ccccc3Cl)n(-c3ccc(F)cc3)c2n1.C[C@H](Nc1ncc2cc(C(=O)Cc3ccccc3Cl)n(-c3ccc(F)cc3)c2n1)C(C)(C)O. The molecule has 0 radical (unpaired) electrons. The van der Waals surface area contributed by atoms with Gasteiger partial charge in [0, 0.05) is 115 Å². The Kier molecular flexibility index (Phi) is 28.7. The van der Waals surface area contributed by atoms with Crippen LogP contribution >= 0.6 is 82.3 Å². The summed E-state index contributed by atoms with van der Waals surface area (Å²) in [7, 11) is 2.75. The van der Waals surface area contributed by atoms with Crippen LogP contribution in [0.25, 0.3) is 66.9 Å². The van der Waals surface area contributed by atoms with Crippen molar-refractivity contribution in [3.8, 4) is 22.7 Å². The number of rotatable bonds is 26. The third-order valence-electron chi connectivity index (χ3n) is 18.8. The van der Waals surface area contributed by atoms with Crippen LogP contribution in [0.15, 0.2) is 259 Å². The average molecular weight is 1770 g/mol. The Morgan fingerprint density at radius 2 is 0.661 bits per heavy atom. The number of nitrogens with zero attached hydrogens (tertiary/aromatic N) is 12. The van der Waals surface area contributed by atoms with E-state index in [4.69, 9.17) is 55.1 Å². The number of carbonyl (C=O) groups excluding carboxylic acids is 4. The fourth-order valence-electron chi connectivity index (χ4n) is 12.5. The minimum atomic E-state index is -0.993. The number of aliphatic hydroxyl groups is 1. The van der Waals surface area contributed by atoms with Crippen LogP contribution in [-0.4, -0.2) is 118 Å². The molecule has 8 aromatic heterocycles. The normalized spacial score (nSPS) is 11.6. The summed E-state index contributed by atoms with van der Waals surface area (Å²) >= 11 is 28.0. The zero-order valence-electron chi connectivity index (χ0n) is 64.8. The lowest BCUT2D eigenvalue weighted by Gasteiger charge is -2.26. The number of halogens is 8. The molecule has 0 fully saturated rings. The molecule has 0 amide bonds. The fraction of sp³-hybridized carbons (Fsp3) is 0.136. The van der Waals surface area contributed by atoms with Gasteiger partial charge in [-0.3, -0.25) is 37.4 Å². The van der Waals surface area contributed by atoms with Crippen molar-refractivity contribution in [1.82, 2.24) is 58.1 Å². The van der Waals surface area contributed by atoms with Crippen LogP contribution in [-0.2, 0) is 44.1 Å². The lowest BCUT2D eigenvalue weighted by molar-refractivity contribution is -0.160. The molecule has 0 aliphatic rings. The molecule has 16 rings (SSSR count). The number of anilines is 1. The summed E-state index contributed by atoms with van der Waals surface area (Å²) in [6.07, 6.45) is 8.86. The zero-order valence-corrected chi connectivity index (χ0v) is 70.3. The molecule has 0 aliphatic heterocycles. The summed E-state index contributed by atoms with van der Waals surface area (Å²) in [5.74, 6) is -1.76. The highest BCUT2D eigenvalue weighted by Gasteiger charge is 2.28. The highest BCUT2D eigenvalue weighted by molar-refractivity contribution is 7.98. The van der Waals surface area contributed by atoms with Gasteiger partial charge in [0.1, 0.15) is 64.3 Å². The van der Waals surface area contributed by atoms with Gasteiger partial charge in [-0.2, -0.15) is 13.7 Å². The molecule has 8 aromatic carbocycles. The van der Waals surface area contributed by atoms with Crippen LogP contribution in [0.3, 0.4) is 0 Å². The maximum absolute atomic E-state index is 13.6. The van der Waals surface area contributed by atoms with E-state index in [1.54, 1.807) is 154 Å². The largest absolute Gasteiger partial charge is 0.388 e. The van der Waals surface area contributed by atoms with E-state index in [0.29, 0.717) is 131 Å². The molecule has 2 N–H and O–H groups in total. The lowest BCUT2D eigenvalue weighted by atomic mass is 10.0. The summed E-state index contributed by atoms with van der Waals surface area (Å²) in [6.45, 7) is 5.21. The molecule has 16 aromatic rings. The van der Waals surface area contributed by atoms with Crippen LogP contribution in [0.1, 0.15) is 85.0 Å². The predicted octanol–water partition coefficient (Wildman–Crippen LogP) is 21.0. The van der Waals surface area contributed by atoms with E-state index < -0.39 is 5.60 Å². The standard InChI is InChI=1S/C25H24ClFN4O2.2C21H15ClFN3O3S.C21H15ClFN3OS/c1-15(25(2,3)33)29-24-28-14-17-12-21(22(32)13-16-6-4-5-7-20(16)26)31(23(17)30-24)19-10-8-18(27)9-11-19;2*1-28-29-30-21-24-12-14-10-18(19(27)11-13-4-2-3-5-17(13)22)26(20(14)25-21)16-8-6-15(23)7-9-16;1-28-21-24-12-14-10-18(19(27)11-13-4-2-3-5-17(13)22)26(20(14)25-21)16-8-6-15(23)7-9-16/h4-12,14-15,33H,13H2,1-3H3,(H,28,29,30);2*2-10,12H,11H2,1H3;2-10,12H,11H2,1H3/t15-;;;/m0.../s1. The molecule has 0 bridgehead atoms. The molecule has 614 valence electrons. The second-order valence-electron chi connectivity index (χ2n) is 27.3. The van der Waals surface area contributed by atoms with Crippen LogP contribution in [0.4, 0.5) is 23.5 Å². The van der Waals surface area contributed by atoms with E-state index in [-0.39, 0.29) is 78.1 Å². The van der Waals surface area contributed by atoms with E-state index in [1.807, 2.05) is 86.0 Å². The van der Waals surface area contributed by atoms with Crippen molar-refractivity contribution >= 4 is 155 Å². The van der Waals surface area contributed by atoms with E-state index in [9.17, 15) is 41.8 Å². The van der Waals surface area contributed by atoms with Crippen molar-refractivity contribution in [3.05, 3.63) is 332 Å². The van der Waals surface area contributed by atoms with Crippen LogP contribution < -0.4 is 5.32 Å². The van der Waals surface area contributed by atoms with Gasteiger partial charge in [0.15, 0.2) is 33.9 Å². The van der Waals surface area contributed by atoms with E-state index in [2.05, 4.69) is 55.0 Å². The molecular weight excluding hydrogens is 1700 g/mol. The smallest absolute Gasteiger partial charge is 0.224 e. The number of thioether (sulfide) groups is 1. The molecule has 0 spiro atoms. The van der Waals surface area contributed by atoms with Gasteiger partial charge in [-0.05, 0) is 195 Å². The van der Waals surface area contributed by atoms with Crippen molar-refractivity contribution in [3.63, 3.8) is 0 Å². The Morgan fingerprint density at radius 3 is 0.926 bits per heavy atom. The molecule has 8 heterocycles. The number of hydrogen-bond acceptors (Lipinski definition) is 21. The van der Waals surface area contributed by atoms with Crippen molar-refractivity contribution in [2.24, 2.45) is 0 Å². The van der Waals surface area contributed by atoms with Crippen molar-refractivity contribution < 1.29 is 60.3 Å². The Bertz CT molecular complexity index is 6270. The van der Waals surface area contributed by atoms with Gasteiger partial charge in [-0.1, -0.05) is 131 Å². The quantitative estimate of drug-likeness (QED) is 0.00971. The Balaban J connectivity index is 0.000000139. The maximum atomic E-state index is 13.6. The summed E-state index contributed by atoms with van der Waals surface area (Å²) in [4.78, 5) is 97.2. The molecule has 1 atom stereocenters. The van der Waals surface area contributed by atoms with Crippen molar-refractivity contribution in [2.45, 2.75) is 73.6 Å². The number of hydrogen-bond donors (Lipinski definition) is 2. The minimum Gasteiger partial charge on any atom is -0.388 e. The first kappa shape index (κ1) is 87.3. The number of fused-ring (bicyclic) bond motifs is 4. The summed E-state index contributed by atoms with van der Waals surface area (Å²) in [5.41, 5.74) is 8.04. The molecule has 0 aliphatic carbocycles. The lowest BCUT2D eigenvalue weighted by Crippen LogP contribution is -2.39. The van der Waals surface area contributed by atoms with Crippen LogP contribution in [0, 0.1) is 23.3 Å². The van der Waals surface area contributed by atoms with E-state index >= 15 is 0 Å². The van der Waals surface area contributed by atoms with Gasteiger partial charge in [0.05, 0.1) is 48.6 Å². The molecule has 0 saturated heterocycles. The number of carbonyl (C=O) groups is 4. The Labute approximate surface area is 722 Å². The predicted molar refractivity (Wildman–Crippen MR) is 462 cm³/mol. The Morgan fingerprint density at radius 1 is 0.405 bits per heavy atom. The van der Waals surface area contributed by atoms with Gasteiger partial charge in [-0.15, -0.1) is 0 Å². The third-order valence-corrected chi connectivity index (χ3v) is 21.9. The number of benzene rings is 8. The number of aromatic nitrogens is 12. The van der Waals surface area contributed by atoms with Crippen molar-refractivity contribution in [2.75, 3.05) is 25.8 Å². The summed E-state index contributed by atoms with van der Waals surface area (Å²) < 4.78 is 70.4. The van der Waals surface area contributed by atoms with E-state index in [1.165, 1.54) is 74.5 Å². The molecule has 0 unspecified atom stereocenters. The van der Waals surface area contributed by atoms with Gasteiger partial charge >= 0.3 is 0 Å². The number of nitrogens with one attached hydrogen (secondary N) is 1. The summed E-state index contributed by atoms with van der Waals surface area (Å²) in [6, 6.07) is 58.9. The Hall–Kier alpha value is -11.6. The fourth-order valence-corrected chi connectivity index (χ4v) is 14.3. The second-order valence-corrected chi connectivity index (χ2v) is 31.0. The first-order chi connectivity index (χ1) is 58.3. The number of Topliss-reactive ketones (excluding diaryl/α,β-unsaturated/α-hetero) is 4. The zero-order chi connectivity index (χ0) is 85.6. The second kappa shape index (κ2) is 39.8. The van der Waals surface area contributed by atoms with Crippen molar-refractivity contribution in [1.29, 1.82) is 0 Å². The minimum absolute atomic E-state index is 0.103. The van der Waals surface area contributed by atoms with Gasteiger partial charge in [-0.25, -0.2) is 62.2 Å². The molecule has 33 heteroatoms. The third kappa shape index (κ3) is 21.3. The molecule has 121 heavy (non-hydrogen) atoms. The summed E-state index contributed by atoms with van der Waals surface area (Å²) in [5, 5.41) is 19.4. The highest BCUT2D eigenvalue weighted by Crippen LogP contribution is 2.34. The molecule has 0 saturated carbocycles. The maximum Gasteiger partial charge on any atom is 0.224 e. The van der Waals surface area contributed by atoms with Gasteiger partial charge < -0.3 is 10.4 Å². The van der Waals surface area contributed by atoms with Crippen LogP contribution in [0.5, 0.6) is 0 Å². The number of ketones is 4. The molecular formula is C88H69Cl4F4N13O9S3. The van der Waals surface area contributed by atoms with Crippen LogP contribution in [0.2, 0.25) is 20.1 Å². The van der Waals surface area contributed by atoms with E-state index in [0.717, 1.165) is 46.2 Å². The first-order valence-corrected chi connectivity index (χ1v) is 41.0. The van der Waals surface area contributed by atoms with Gasteiger partial charge in [0.25, 0.3) is 0 Å². The topological polar surface area (TPSA) is 260 Å². The monoisotopic (exact) mass is 1760 g/mol. The molecule has 22 nitrogen and oxygen atoms in total. The van der Waals surface area contributed by atoms with Gasteiger partial charge in [0.2, 0.25) is 16.3 Å². The first-order valence-electron chi connectivity index (χ1n) is 36.7.